The molecule has 4 amide bonds. The molecule has 0 aliphatic rings. The van der Waals surface area contributed by atoms with E-state index in [4.69, 9.17) is 15.2 Å². The third-order valence-corrected chi connectivity index (χ3v) is 7.02. The number of hydrogen-bond donors (Lipinski definition) is 3. The summed E-state index contributed by atoms with van der Waals surface area (Å²) in [5, 5.41) is 5.47. The number of aryl methyl sites for hydroxylation is 2. The molecule has 0 bridgehead atoms. The van der Waals surface area contributed by atoms with E-state index in [9.17, 15) is 19.2 Å². The Kier molecular flexibility index (Phi) is 12.6. The van der Waals surface area contributed by atoms with Crippen LogP contribution < -0.4 is 21.1 Å². The molecule has 10 nitrogen and oxygen atoms in total. The molecule has 0 saturated heterocycles. The maximum absolute atomic E-state index is 14.4. The molecule has 0 aliphatic carbocycles. The fourth-order valence-electron chi connectivity index (χ4n) is 4.60. The van der Waals surface area contributed by atoms with Crippen molar-refractivity contribution < 1.29 is 28.7 Å². The lowest BCUT2D eigenvalue weighted by Crippen LogP contribution is -2.55. The second-order valence-corrected chi connectivity index (χ2v) is 12.4. The first-order valence-electron chi connectivity index (χ1n) is 14.6. The maximum Gasteiger partial charge on any atom is 0.408 e. The predicted octanol–water partition coefficient (Wildman–Crippen LogP) is 5.41. The third-order valence-electron chi connectivity index (χ3n) is 7.02. The van der Waals surface area contributed by atoms with Gasteiger partial charge in [-0.3, -0.25) is 14.4 Å². The Bertz CT molecular complexity index is 1270. The van der Waals surface area contributed by atoms with Crippen LogP contribution >= 0.6 is 0 Å². The average molecular weight is 597 g/mol. The van der Waals surface area contributed by atoms with E-state index in [1.807, 2.05) is 39.0 Å². The van der Waals surface area contributed by atoms with Gasteiger partial charge in [-0.05, 0) is 101 Å². The number of primary amides is 1. The summed E-state index contributed by atoms with van der Waals surface area (Å²) in [4.78, 5) is 54.9. The third kappa shape index (κ3) is 10.9. The first kappa shape index (κ1) is 35.1. The lowest BCUT2D eigenvalue weighted by molar-refractivity contribution is -0.144. The van der Waals surface area contributed by atoms with Crippen LogP contribution in [0.2, 0.25) is 0 Å². The van der Waals surface area contributed by atoms with Gasteiger partial charge in [0.1, 0.15) is 23.4 Å². The number of methoxy groups -OCH3 is 1. The van der Waals surface area contributed by atoms with Gasteiger partial charge in [0.15, 0.2) is 0 Å². The molecule has 3 unspecified atom stereocenters. The van der Waals surface area contributed by atoms with Crippen LogP contribution in [0.25, 0.3) is 0 Å². The van der Waals surface area contributed by atoms with Crippen molar-refractivity contribution in [2.45, 2.75) is 98.4 Å². The highest BCUT2D eigenvalue weighted by atomic mass is 16.6. The number of hydrogen-bond acceptors (Lipinski definition) is 6. The monoisotopic (exact) mass is 596 g/mol. The van der Waals surface area contributed by atoms with Crippen molar-refractivity contribution in [3.63, 3.8) is 0 Å². The summed E-state index contributed by atoms with van der Waals surface area (Å²) >= 11 is 0. The smallest absolute Gasteiger partial charge is 0.408 e. The fraction of sp³-hybridized carbons (Fsp3) is 0.515. The summed E-state index contributed by atoms with van der Waals surface area (Å²) in [6, 6.07) is 9.59. The number of carbonyl (C=O) groups excluding carboxylic acids is 4. The Morgan fingerprint density at radius 1 is 0.930 bits per heavy atom. The number of alkyl carbamates (subject to hydrolysis) is 1. The van der Waals surface area contributed by atoms with Gasteiger partial charge in [0.2, 0.25) is 11.8 Å². The zero-order valence-electron chi connectivity index (χ0n) is 26.9. The molecule has 0 fully saturated rings. The average Bonchev–Trinajstić information content (AvgIpc) is 2.90. The van der Waals surface area contributed by atoms with E-state index in [1.54, 1.807) is 52.1 Å². The SMILES string of the molecule is COc1ccc(NC(=O)C(c2ccc(C)c(C)c2)N(C(=O)C(CC(N)=O)NC(=O)OC(C)(C)C)C(C)CCC(C)C)cc1. The minimum Gasteiger partial charge on any atom is -0.497 e. The zero-order valence-corrected chi connectivity index (χ0v) is 26.9. The van der Waals surface area contributed by atoms with Gasteiger partial charge in [0, 0.05) is 11.7 Å². The van der Waals surface area contributed by atoms with Gasteiger partial charge >= 0.3 is 6.09 Å². The Morgan fingerprint density at radius 3 is 2.07 bits per heavy atom. The van der Waals surface area contributed by atoms with Gasteiger partial charge in [-0.15, -0.1) is 0 Å². The summed E-state index contributed by atoms with van der Waals surface area (Å²) in [6.45, 7) is 15.0. The predicted molar refractivity (Wildman–Crippen MR) is 168 cm³/mol. The van der Waals surface area contributed by atoms with E-state index in [-0.39, 0.29) is 0 Å². The van der Waals surface area contributed by atoms with Gasteiger partial charge in [0.05, 0.1) is 13.5 Å². The van der Waals surface area contributed by atoms with E-state index >= 15 is 0 Å². The Balaban J connectivity index is 2.66. The first-order valence-corrected chi connectivity index (χ1v) is 14.6. The number of rotatable bonds is 13. The van der Waals surface area contributed by atoms with E-state index in [2.05, 4.69) is 24.5 Å². The van der Waals surface area contributed by atoms with Crippen LogP contribution in [0, 0.1) is 19.8 Å². The minimum atomic E-state index is -1.35. The molecule has 0 aromatic heterocycles. The van der Waals surface area contributed by atoms with Crippen molar-refractivity contribution in [1.82, 2.24) is 10.2 Å². The highest BCUT2D eigenvalue weighted by molar-refractivity contribution is 6.00. The number of nitrogens with two attached hydrogens (primary N) is 1. The summed E-state index contributed by atoms with van der Waals surface area (Å²) in [7, 11) is 1.55. The minimum absolute atomic E-state index is 0.342. The normalized spacial score (nSPS) is 13.4. The van der Waals surface area contributed by atoms with E-state index < -0.39 is 54.0 Å². The second kappa shape index (κ2) is 15.4. The number of amides is 4. The van der Waals surface area contributed by atoms with Gasteiger partial charge in [-0.1, -0.05) is 32.0 Å². The van der Waals surface area contributed by atoms with E-state index in [0.717, 1.165) is 17.5 Å². The lowest BCUT2D eigenvalue weighted by Gasteiger charge is -2.39. The number of nitrogens with zero attached hydrogens (tertiary/aromatic N) is 1. The quantitative estimate of drug-likeness (QED) is 0.282. The molecule has 0 aliphatic heterocycles. The molecule has 2 aromatic carbocycles. The highest BCUT2D eigenvalue weighted by Gasteiger charge is 2.39. The van der Waals surface area contributed by atoms with Crippen molar-refractivity contribution in [2.24, 2.45) is 11.7 Å². The van der Waals surface area contributed by atoms with Crippen LogP contribution in [-0.2, 0) is 19.1 Å². The van der Waals surface area contributed by atoms with E-state index in [1.165, 1.54) is 4.90 Å². The molecule has 0 heterocycles. The molecule has 0 radical (unpaired) electrons. The Hall–Kier alpha value is -4.08. The van der Waals surface area contributed by atoms with Crippen LogP contribution in [0.3, 0.4) is 0 Å². The highest BCUT2D eigenvalue weighted by Crippen LogP contribution is 2.30. The molecule has 2 aromatic rings. The zero-order chi connectivity index (χ0) is 32.5. The largest absolute Gasteiger partial charge is 0.497 e. The van der Waals surface area contributed by atoms with Crippen LogP contribution in [0.5, 0.6) is 5.75 Å². The molecule has 236 valence electrons. The molecular formula is C33H48N4O6. The molecule has 2 rings (SSSR count). The summed E-state index contributed by atoms with van der Waals surface area (Å²) in [5.74, 6) is -0.879. The summed E-state index contributed by atoms with van der Waals surface area (Å²) in [5.41, 5.74) is 7.77. The van der Waals surface area contributed by atoms with Gasteiger partial charge in [0.25, 0.3) is 5.91 Å². The first-order chi connectivity index (χ1) is 20.0. The van der Waals surface area contributed by atoms with Crippen molar-refractivity contribution in [3.8, 4) is 5.75 Å². The van der Waals surface area contributed by atoms with Crippen LogP contribution in [0.1, 0.15) is 83.5 Å². The molecule has 0 saturated carbocycles. The number of anilines is 1. The lowest BCUT2D eigenvalue weighted by atomic mass is 9.95. The van der Waals surface area contributed by atoms with Crippen molar-refractivity contribution in [2.75, 3.05) is 12.4 Å². The molecule has 4 N–H and O–H groups in total. The molecule has 0 spiro atoms. The number of benzene rings is 2. The van der Waals surface area contributed by atoms with Gasteiger partial charge in [-0.2, -0.15) is 0 Å². The van der Waals surface area contributed by atoms with Gasteiger partial charge in [-0.25, -0.2) is 4.79 Å². The molecule has 10 heteroatoms. The maximum atomic E-state index is 14.4. The second-order valence-electron chi connectivity index (χ2n) is 12.4. The Morgan fingerprint density at radius 2 is 1.56 bits per heavy atom. The topological polar surface area (TPSA) is 140 Å². The summed E-state index contributed by atoms with van der Waals surface area (Å²) < 4.78 is 10.6. The fourth-order valence-corrected chi connectivity index (χ4v) is 4.60. The standard InChI is InChI=1S/C33H48N4O6/c1-20(2)10-12-23(5)37(31(40)27(19-28(34)38)36-32(41)43-33(6,7)8)29(24-13-11-21(3)22(4)18-24)30(39)35-25-14-16-26(42-9)17-15-25/h11,13-18,20,23,27,29H,10,12,19H2,1-9H3,(H2,34,38)(H,35,39)(H,36,41). The molecule has 3 atom stereocenters. The number of nitrogens with one attached hydrogen (secondary N) is 2. The van der Waals surface area contributed by atoms with Crippen LogP contribution in [-0.4, -0.2) is 53.5 Å². The van der Waals surface area contributed by atoms with Crippen molar-refractivity contribution in [3.05, 3.63) is 59.2 Å². The van der Waals surface area contributed by atoms with Gasteiger partial charge < -0.3 is 30.7 Å². The van der Waals surface area contributed by atoms with Crippen molar-refractivity contribution >= 4 is 29.5 Å². The number of carbonyl (C=O) groups is 4. The molecular weight excluding hydrogens is 548 g/mol. The van der Waals surface area contributed by atoms with Crippen LogP contribution in [0.15, 0.2) is 42.5 Å². The van der Waals surface area contributed by atoms with Crippen LogP contribution in [0.4, 0.5) is 10.5 Å². The molecule has 43 heavy (non-hydrogen) atoms. The Labute approximate surface area is 255 Å². The number of ether oxygens (including phenoxy) is 2. The van der Waals surface area contributed by atoms with E-state index in [0.29, 0.717) is 29.3 Å². The summed E-state index contributed by atoms with van der Waals surface area (Å²) in [6.07, 6.45) is 0.0268. The van der Waals surface area contributed by atoms with Crippen molar-refractivity contribution in [1.29, 1.82) is 0 Å².